The van der Waals surface area contributed by atoms with E-state index in [4.69, 9.17) is 0 Å². The van der Waals surface area contributed by atoms with Crippen molar-refractivity contribution in [2.24, 2.45) is 0 Å². The first-order chi connectivity index (χ1) is 8.34. The van der Waals surface area contributed by atoms with Gasteiger partial charge in [-0.3, -0.25) is 9.69 Å². The van der Waals surface area contributed by atoms with Gasteiger partial charge in [0.15, 0.2) is 0 Å². The van der Waals surface area contributed by atoms with Gasteiger partial charge in [-0.15, -0.1) is 0 Å². The van der Waals surface area contributed by atoms with E-state index in [2.05, 4.69) is 15.1 Å². The number of piperazine rings is 1. The van der Waals surface area contributed by atoms with E-state index in [1.807, 2.05) is 0 Å². The van der Waals surface area contributed by atoms with E-state index in [0.717, 1.165) is 51.6 Å². The van der Waals surface area contributed by atoms with Gasteiger partial charge in [-0.05, 0) is 32.2 Å². The summed E-state index contributed by atoms with van der Waals surface area (Å²) in [6, 6.07) is 0.946. The van der Waals surface area contributed by atoms with Crippen molar-refractivity contribution in [3.05, 3.63) is 0 Å². The van der Waals surface area contributed by atoms with Gasteiger partial charge in [0.05, 0.1) is 6.04 Å². The van der Waals surface area contributed by atoms with Crippen LogP contribution in [0.3, 0.4) is 0 Å². The lowest BCUT2D eigenvalue weighted by Crippen LogP contribution is -2.56. The third-order valence-corrected chi connectivity index (χ3v) is 4.58. The second-order valence-electron chi connectivity index (χ2n) is 5.59. The summed E-state index contributed by atoms with van der Waals surface area (Å²) in [5.74, 6) is 0.343. The van der Waals surface area contributed by atoms with Crippen LogP contribution >= 0.6 is 0 Å². The van der Waals surface area contributed by atoms with Crippen molar-refractivity contribution in [2.45, 2.75) is 44.2 Å². The van der Waals surface area contributed by atoms with E-state index in [0.29, 0.717) is 5.91 Å². The Kier molecular flexibility index (Phi) is 3.34. The van der Waals surface area contributed by atoms with Crippen LogP contribution in [0, 0.1) is 0 Å². The summed E-state index contributed by atoms with van der Waals surface area (Å²) in [6.45, 7) is 5.06. The molecule has 4 heteroatoms. The molecular weight excluding hydrogens is 214 g/mol. The summed E-state index contributed by atoms with van der Waals surface area (Å²) in [4.78, 5) is 16.9. The predicted octanol–water partition coefficient (Wildman–Crippen LogP) is 0.435. The van der Waals surface area contributed by atoms with Crippen LogP contribution < -0.4 is 5.32 Å². The second kappa shape index (κ2) is 4.94. The van der Waals surface area contributed by atoms with Crippen LogP contribution in [-0.2, 0) is 4.79 Å². The second-order valence-corrected chi connectivity index (χ2v) is 5.59. The molecule has 0 aromatic rings. The van der Waals surface area contributed by atoms with Crippen LogP contribution in [0.4, 0.5) is 0 Å². The first-order valence-corrected chi connectivity index (χ1v) is 7.11. The van der Waals surface area contributed by atoms with Crippen molar-refractivity contribution in [1.29, 1.82) is 0 Å². The molecule has 1 saturated carbocycles. The molecule has 0 unspecified atom stereocenters. The van der Waals surface area contributed by atoms with E-state index in [1.165, 1.54) is 19.3 Å². The average molecular weight is 237 g/mol. The average Bonchev–Trinajstić information content (AvgIpc) is 2.80. The van der Waals surface area contributed by atoms with Crippen LogP contribution in [0.15, 0.2) is 0 Å². The number of hydrogen-bond donors (Lipinski definition) is 1. The molecule has 0 aromatic carbocycles. The number of amides is 1. The third kappa shape index (κ3) is 2.33. The molecule has 0 spiro atoms. The Hall–Kier alpha value is -0.610. The molecule has 96 valence electrons. The summed E-state index contributed by atoms with van der Waals surface area (Å²) in [5.41, 5.74) is 0. The first-order valence-electron chi connectivity index (χ1n) is 7.11. The number of rotatable bonds is 2. The van der Waals surface area contributed by atoms with Crippen LogP contribution in [0.25, 0.3) is 0 Å². The first kappa shape index (κ1) is 11.5. The molecule has 3 rings (SSSR count). The van der Waals surface area contributed by atoms with Crippen LogP contribution in [-0.4, -0.2) is 60.5 Å². The molecule has 1 atom stereocenters. The van der Waals surface area contributed by atoms with Crippen molar-refractivity contribution in [2.75, 3.05) is 32.7 Å². The quantitative estimate of drug-likeness (QED) is 0.757. The molecule has 0 radical (unpaired) electrons. The molecule has 3 fully saturated rings. The lowest BCUT2D eigenvalue weighted by Gasteiger charge is -2.43. The normalized spacial score (nSPS) is 31.5. The monoisotopic (exact) mass is 237 g/mol. The lowest BCUT2D eigenvalue weighted by molar-refractivity contribution is -0.135. The van der Waals surface area contributed by atoms with Crippen LogP contribution in [0.1, 0.15) is 32.1 Å². The molecule has 3 aliphatic rings. The minimum absolute atomic E-state index is 0.116. The Morgan fingerprint density at radius 1 is 1.00 bits per heavy atom. The molecule has 17 heavy (non-hydrogen) atoms. The van der Waals surface area contributed by atoms with E-state index >= 15 is 0 Å². The summed E-state index contributed by atoms with van der Waals surface area (Å²) in [5, 5.41) is 3.31. The van der Waals surface area contributed by atoms with Crippen molar-refractivity contribution in [3.63, 3.8) is 0 Å². The minimum atomic E-state index is 0.116. The van der Waals surface area contributed by atoms with Gasteiger partial charge in [0.2, 0.25) is 5.91 Å². The molecule has 2 saturated heterocycles. The molecule has 2 heterocycles. The zero-order valence-electron chi connectivity index (χ0n) is 10.5. The van der Waals surface area contributed by atoms with Gasteiger partial charge < -0.3 is 10.2 Å². The van der Waals surface area contributed by atoms with E-state index in [9.17, 15) is 4.79 Å². The fraction of sp³-hybridized carbons (Fsp3) is 0.923. The van der Waals surface area contributed by atoms with Crippen molar-refractivity contribution in [3.8, 4) is 0 Å². The molecule has 1 aliphatic carbocycles. The Bertz CT molecular complexity index is 276. The third-order valence-electron chi connectivity index (χ3n) is 4.58. The largest absolute Gasteiger partial charge is 0.339 e. The highest BCUT2D eigenvalue weighted by molar-refractivity contribution is 5.82. The Balaban J connectivity index is 1.48. The number of nitrogens with one attached hydrogen (secondary N) is 1. The maximum absolute atomic E-state index is 12.2. The van der Waals surface area contributed by atoms with Gasteiger partial charge >= 0.3 is 0 Å². The highest BCUT2D eigenvalue weighted by atomic mass is 16.2. The van der Waals surface area contributed by atoms with Gasteiger partial charge in [0.1, 0.15) is 0 Å². The standard InChI is InChI=1S/C13H23N3O/c17-13(12-5-2-6-14-12)16-9-7-15(8-10-16)11-3-1-4-11/h11-12,14H,1-10H2/t12-/m1/s1. The number of carbonyl (C=O) groups is 1. The Morgan fingerprint density at radius 2 is 1.76 bits per heavy atom. The highest BCUT2D eigenvalue weighted by Crippen LogP contribution is 2.25. The fourth-order valence-corrected chi connectivity index (χ4v) is 3.18. The maximum Gasteiger partial charge on any atom is 0.239 e. The van der Waals surface area contributed by atoms with Crippen molar-refractivity contribution < 1.29 is 4.79 Å². The summed E-state index contributed by atoms with van der Waals surface area (Å²) in [7, 11) is 0. The van der Waals surface area contributed by atoms with Gasteiger partial charge in [-0.25, -0.2) is 0 Å². The molecule has 0 bridgehead atoms. The smallest absolute Gasteiger partial charge is 0.239 e. The number of carbonyl (C=O) groups excluding carboxylic acids is 1. The molecule has 2 aliphatic heterocycles. The van der Waals surface area contributed by atoms with Crippen LogP contribution in [0.5, 0.6) is 0 Å². The van der Waals surface area contributed by atoms with Gasteiger partial charge in [-0.2, -0.15) is 0 Å². The molecule has 1 amide bonds. The topological polar surface area (TPSA) is 35.6 Å². The van der Waals surface area contributed by atoms with Gasteiger partial charge in [0, 0.05) is 32.2 Å². The van der Waals surface area contributed by atoms with E-state index in [-0.39, 0.29) is 6.04 Å². The molecule has 1 N–H and O–H groups in total. The van der Waals surface area contributed by atoms with Gasteiger partial charge in [0.25, 0.3) is 0 Å². The van der Waals surface area contributed by atoms with Crippen molar-refractivity contribution in [1.82, 2.24) is 15.1 Å². The highest BCUT2D eigenvalue weighted by Gasteiger charge is 2.32. The van der Waals surface area contributed by atoms with E-state index < -0.39 is 0 Å². The fourth-order valence-electron chi connectivity index (χ4n) is 3.18. The SMILES string of the molecule is O=C([C@H]1CCCN1)N1CCN(C2CCC2)CC1. The zero-order chi connectivity index (χ0) is 11.7. The zero-order valence-corrected chi connectivity index (χ0v) is 10.5. The Labute approximate surface area is 103 Å². The summed E-state index contributed by atoms with van der Waals surface area (Å²) in [6.07, 6.45) is 6.33. The minimum Gasteiger partial charge on any atom is -0.339 e. The summed E-state index contributed by atoms with van der Waals surface area (Å²) < 4.78 is 0. The lowest BCUT2D eigenvalue weighted by atomic mass is 9.91. The molecule has 4 nitrogen and oxygen atoms in total. The van der Waals surface area contributed by atoms with Crippen LogP contribution in [0.2, 0.25) is 0 Å². The van der Waals surface area contributed by atoms with Crippen molar-refractivity contribution >= 4 is 5.91 Å². The molecular formula is C13H23N3O. The summed E-state index contributed by atoms with van der Waals surface area (Å²) >= 11 is 0. The Morgan fingerprint density at radius 3 is 2.29 bits per heavy atom. The predicted molar refractivity (Wildman–Crippen MR) is 66.8 cm³/mol. The van der Waals surface area contributed by atoms with E-state index in [1.54, 1.807) is 0 Å². The molecule has 0 aromatic heterocycles. The van der Waals surface area contributed by atoms with Gasteiger partial charge in [-0.1, -0.05) is 6.42 Å². The maximum atomic E-state index is 12.2. The number of hydrogen-bond acceptors (Lipinski definition) is 3. The number of nitrogens with zero attached hydrogens (tertiary/aromatic N) is 2.